The lowest BCUT2D eigenvalue weighted by Crippen LogP contribution is -1.91. The topological polar surface area (TPSA) is 43.1 Å². The quantitative estimate of drug-likeness (QED) is 0.342. The number of halogens is 2. The molecule has 14 heavy (non-hydrogen) atoms. The molecule has 0 aliphatic carbocycles. The van der Waals surface area contributed by atoms with E-state index in [0.717, 1.165) is 0 Å². The first-order valence-electron chi connectivity index (χ1n) is 3.64. The molecule has 0 aromatic heterocycles. The van der Waals surface area contributed by atoms with Crippen LogP contribution < -0.4 is 0 Å². The van der Waals surface area contributed by atoms with Gasteiger partial charge >= 0.3 is 0 Å². The number of hydrogen-bond acceptors (Lipinski definition) is 2. The fourth-order valence-corrected chi connectivity index (χ4v) is 1.21. The van der Waals surface area contributed by atoms with Crippen molar-refractivity contribution in [1.82, 2.24) is 0 Å². The van der Waals surface area contributed by atoms with Crippen LogP contribution in [0.25, 0.3) is 0 Å². The van der Waals surface area contributed by atoms with E-state index in [1.165, 1.54) is 18.2 Å². The molecule has 1 aromatic carbocycles. The highest BCUT2D eigenvalue weighted by Crippen LogP contribution is 2.21. The normalized spacial score (nSPS) is 9.00. The summed E-state index contributed by atoms with van der Waals surface area (Å²) in [6.07, 6.45) is 0. The predicted octanol–water partition coefficient (Wildman–Crippen LogP) is 2.99. The van der Waals surface area contributed by atoms with Gasteiger partial charge < -0.3 is 0 Å². The summed E-state index contributed by atoms with van der Waals surface area (Å²) in [6, 6.07) is 4.30. The fraction of sp³-hybridized carbons (Fsp3) is 0.111. The van der Waals surface area contributed by atoms with E-state index < -0.39 is 4.92 Å². The minimum atomic E-state index is -0.478. The highest BCUT2D eigenvalue weighted by molar-refractivity contribution is 9.09. The second kappa shape index (κ2) is 4.99. The third-order valence-corrected chi connectivity index (χ3v) is 1.96. The fourth-order valence-electron chi connectivity index (χ4n) is 0.896. The SMILES string of the molecule is O=[N+]([O-])c1ccc(Cl)cc1C#CCBr. The molecular formula is C9H5BrClNO2. The van der Waals surface area contributed by atoms with Gasteiger partial charge in [0.25, 0.3) is 5.69 Å². The molecule has 1 rings (SSSR count). The molecule has 0 N–H and O–H groups in total. The molecule has 72 valence electrons. The lowest BCUT2D eigenvalue weighted by Gasteiger charge is -1.95. The Morgan fingerprint density at radius 2 is 2.29 bits per heavy atom. The highest BCUT2D eigenvalue weighted by atomic mass is 79.9. The Morgan fingerprint density at radius 3 is 2.86 bits per heavy atom. The number of nitro groups is 1. The van der Waals surface area contributed by atoms with Crippen LogP contribution in [0.1, 0.15) is 5.56 Å². The van der Waals surface area contributed by atoms with E-state index >= 15 is 0 Å². The molecular weight excluding hydrogens is 269 g/mol. The Hall–Kier alpha value is -1.05. The Kier molecular flexibility index (Phi) is 3.93. The maximum absolute atomic E-state index is 10.6. The predicted molar refractivity (Wildman–Crippen MR) is 58.8 cm³/mol. The van der Waals surface area contributed by atoms with E-state index in [1.807, 2.05) is 0 Å². The number of nitrogens with zero attached hydrogens (tertiary/aromatic N) is 1. The van der Waals surface area contributed by atoms with E-state index in [2.05, 4.69) is 27.8 Å². The van der Waals surface area contributed by atoms with Crippen molar-refractivity contribution >= 4 is 33.2 Å². The van der Waals surface area contributed by atoms with Gasteiger partial charge in [0.2, 0.25) is 0 Å². The van der Waals surface area contributed by atoms with Crippen LogP contribution in [0.2, 0.25) is 5.02 Å². The molecule has 0 aliphatic heterocycles. The summed E-state index contributed by atoms with van der Waals surface area (Å²) >= 11 is 8.81. The van der Waals surface area contributed by atoms with E-state index in [-0.39, 0.29) is 5.69 Å². The van der Waals surface area contributed by atoms with Crippen LogP contribution in [0.5, 0.6) is 0 Å². The lowest BCUT2D eigenvalue weighted by molar-refractivity contribution is -0.385. The van der Waals surface area contributed by atoms with Gasteiger partial charge in [0.05, 0.1) is 10.3 Å². The molecule has 0 amide bonds. The number of benzene rings is 1. The Morgan fingerprint density at radius 1 is 1.57 bits per heavy atom. The maximum atomic E-state index is 10.6. The molecule has 0 saturated heterocycles. The third-order valence-electron chi connectivity index (χ3n) is 1.45. The molecule has 0 fully saturated rings. The van der Waals surface area contributed by atoms with Crippen molar-refractivity contribution in [2.75, 3.05) is 5.33 Å². The molecule has 1 aromatic rings. The first-order valence-corrected chi connectivity index (χ1v) is 5.14. The number of alkyl halides is 1. The maximum Gasteiger partial charge on any atom is 0.285 e. The average Bonchev–Trinajstić information content (AvgIpc) is 2.14. The Labute approximate surface area is 94.3 Å². The molecule has 0 atom stereocenters. The van der Waals surface area contributed by atoms with Crippen molar-refractivity contribution in [1.29, 1.82) is 0 Å². The van der Waals surface area contributed by atoms with Crippen LogP contribution in [-0.2, 0) is 0 Å². The van der Waals surface area contributed by atoms with Crippen LogP contribution in [0, 0.1) is 22.0 Å². The number of rotatable bonds is 1. The summed E-state index contributed by atoms with van der Waals surface area (Å²) in [6.45, 7) is 0. The largest absolute Gasteiger partial charge is 0.285 e. The molecule has 0 aliphatic rings. The van der Waals surface area contributed by atoms with Crippen molar-refractivity contribution in [3.8, 4) is 11.8 Å². The van der Waals surface area contributed by atoms with Crippen molar-refractivity contribution in [3.63, 3.8) is 0 Å². The number of nitro benzene ring substituents is 1. The summed E-state index contributed by atoms with van der Waals surface area (Å²) < 4.78 is 0. The van der Waals surface area contributed by atoms with Crippen LogP contribution in [-0.4, -0.2) is 10.3 Å². The van der Waals surface area contributed by atoms with Gasteiger partial charge in [-0.15, -0.1) is 0 Å². The summed E-state index contributed by atoms with van der Waals surface area (Å²) in [4.78, 5) is 10.1. The van der Waals surface area contributed by atoms with Gasteiger partial charge in [-0.3, -0.25) is 10.1 Å². The standard InChI is InChI=1S/C9H5BrClNO2/c10-5-1-2-7-6-8(11)3-4-9(7)12(13)14/h3-4,6H,5H2. The summed E-state index contributed by atoms with van der Waals surface area (Å²) in [5.74, 6) is 5.35. The third kappa shape index (κ3) is 2.72. The van der Waals surface area contributed by atoms with E-state index in [4.69, 9.17) is 11.6 Å². The first kappa shape index (κ1) is 11.0. The van der Waals surface area contributed by atoms with Crippen LogP contribution in [0.4, 0.5) is 5.69 Å². The number of hydrogen-bond donors (Lipinski definition) is 0. The van der Waals surface area contributed by atoms with Gasteiger partial charge in [0.1, 0.15) is 5.56 Å². The average molecular weight is 275 g/mol. The van der Waals surface area contributed by atoms with Crippen LogP contribution in [0.3, 0.4) is 0 Å². The van der Waals surface area contributed by atoms with Crippen molar-refractivity contribution in [3.05, 3.63) is 38.9 Å². The van der Waals surface area contributed by atoms with Crippen molar-refractivity contribution in [2.45, 2.75) is 0 Å². The zero-order valence-corrected chi connectivity index (χ0v) is 9.30. The Balaban J connectivity index is 3.22. The zero-order valence-electron chi connectivity index (χ0n) is 6.96. The van der Waals surface area contributed by atoms with Gasteiger partial charge in [-0.25, -0.2) is 0 Å². The molecule has 0 heterocycles. The summed E-state index contributed by atoms with van der Waals surface area (Å²) in [5, 5.41) is 11.5. The smallest absolute Gasteiger partial charge is 0.258 e. The van der Waals surface area contributed by atoms with Gasteiger partial charge in [-0.1, -0.05) is 39.4 Å². The van der Waals surface area contributed by atoms with E-state index in [1.54, 1.807) is 0 Å². The van der Waals surface area contributed by atoms with Gasteiger partial charge in [-0.2, -0.15) is 0 Å². The Bertz CT molecular complexity index is 423. The van der Waals surface area contributed by atoms with Crippen molar-refractivity contribution in [2.24, 2.45) is 0 Å². The lowest BCUT2D eigenvalue weighted by atomic mass is 10.2. The van der Waals surface area contributed by atoms with Crippen molar-refractivity contribution < 1.29 is 4.92 Å². The molecule has 3 nitrogen and oxygen atoms in total. The van der Waals surface area contributed by atoms with Crippen LogP contribution in [0.15, 0.2) is 18.2 Å². The molecule has 0 saturated carbocycles. The minimum Gasteiger partial charge on any atom is -0.258 e. The van der Waals surface area contributed by atoms with E-state index in [9.17, 15) is 10.1 Å². The molecule has 5 heteroatoms. The molecule has 0 radical (unpaired) electrons. The molecule has 0 spiro atoms. The highest BCUT2D eigenvalue weighted by Gasteiger charge is 2.11. The van der Waals surface area contributed by atoms with Gasteiger partial charge in [0, 0.05) is 11.1 Å². The van der Waals surface area contributed by atoms with Gasteiger partial charge in [0.15, 0.2) is 0 Å². The van der Waals surface area contributed by atoms with Crippen LogP contribution >= 0.6 is 27.5 Å². The monoisotopic (exact) mass is 273 g/mol. The van der Waals surface area contributed by atoms with Gasteiger partial charge in [-0.05, 0) is 12.1 Å². The minimum absolute atomic E-state index is 0.0251. The molecule has 0 bridgehead atoms. The zero-order chi connectivity index (χ0) is 10.6. The second-order valence-electron chi connectivity index (χ2n) is 2.35. The first-order chi connectivity index (χ1) is 6.65. The summed E-state index contributed by atoms with van der Waals surface area (Å²) in [5.41, 5.74) is 0.310. The molecule has 0 unspecified atom stereocenters. The second-order valence-corrected chi connectivity index (χ2v) is 3.35. The van der Waals surface area contributed by atoms with E-state index in [0.29, 0.717) is 15.9 Å². The summed E-state index contributed by atoms with van der Waals surface area (Å²) in [7, 11) is 0.